The van der Waals surface area contributed by atoms with Crippen molar-refractivity contribution in [3.05, 3.63) is 72.1 Å². The molecule has 3 heterocycles. The molecular formula is C26H24F2N4O2. The fourth-order valence-corrected chi connectivity index (χ4v) is 4.51. The molecule has 5 rings (SSSR count). The molecule has 34 heavy (non-hydrogen) atoms. The molecule has 8 heteroatoms. The summed E-state index contributed by atoms with van der Waals surface area (Å²) in [5.74, 6) is -2.00. The lowest BCUT2D eigenvalue weighted by Gasteiger charge is -2.18. The molecule has 1 saturated heterocycles. The molecule has 0 radical (unpaired) electrons. The molecular weight excluding hydrogens is 438 g/mol. The van der Waals surface area contributed by atoms with Gasteiger partial charge in [-0.05, 0) is 43.3 Å². The molecule has 1 atom stereocenters. The summed E-state index contributed by atoms with van der Waals surface area (Å²) in [6, 6.07) is 12.1. The second kappa shape index (κ2) is 8.87. The first-order valence-electron chi connectivity index (χ1n) is 11.1. The molecule has 174 valence electrons. The van der Waals surface area contributed by atoms with Gasteiger partial charge in [-0.3, -0.25) is 4.79 Å². The number of carbonyl (C=O) groups is 1. The summed E-state index contributed by atoms with van der Waals surface area (Å²) in [5.41, 5.74) is 3.09. The number of methoxy groups -OCH3 is 1. The van der Waals surface area contributed by atoms with Crippen molar-refractivity contribution in [1.82, 2.24) is 20.2 Å². The molecule has 2 N–H and O–H groups in total. The summed E-state index contributed by atoms with van der Waals surface area (Å²) in [7, 11) is 3.43. The third-order valence-corrected chi connectivity index (χ3v) is 6.40. The number of hydrogen-bond donors (Lipinski definition) is 2. The average Bonchev–Trinajstić information content (AvgIpc) is 3.52. The normalized spacial score (nSPS) is 15.8. The fraction of sp³-hybridized carbons (Fsp3) is 0.231. The molecule has 6 nitrogen and oxygen atoms in total. The number of nitrogens with one attached hydrogen (secondary N) is 2. The number of nitrogens with zero attached hydrogens (tertiary/aromatic N) is 2. The van der Waals surface area contributed by atoms with Crippen LogP contribution < -0.4 is 10.1 Å². The Morgan fingerprint density at radius 1 is 1.18 bits per heavy atom. The lowest BCUT2D eigenvalue weighted by molar-refractivity contribution is 0.0784. The zero-order valence-corrected chi connectivity index (χ0v) is 18.9. The maximum Gasteiger partial charge on any atom is 0.257 e. The molecule has 0 spiro atoms. The number of aromatic nitrogens is 2. The van der Waals surface area contributed by atoms with Gasteiger partial charge in [0.05, 0.1) is 12.7 Å². The Balaban J connectivity index is 1.57. The van der Waals surface area contributed by atoms with Crippen molar-refractivity contribution < 1.29 is 18.3 Å². The van der Waals surface area contributed by atoms with E-state index >= 15 is 0 Å². The van der Waals surface area contributed by atoms with E-state index in [0.29, 0.717) is 35.6 Å². The number of ether oxygens (including phenoxy) is 1. The van der Waals surface area contributed by atoms with Gasteiger partial charge >= 0.3 is 0 Å². The highest BCUT2D eigenvalue weighted by atomic mass is 19.2. The number of hydrogen-bond acceptors (Lipinski definition) is 4. The zero-order valence-electron chi connectivity index (χ0n) is 18.9. The van der Waals surface area contributed by atoms with Crippen LogP contribution >= 0.6 is 0 Å². The number of aromatic amines is 1. The fourth-order valence-electron chi connectivity index (χ4n) is 4.51. The second-order valence-corrected chi connectivity index (χ2v) is 8.37. The van der Waals surface area contributed by atoms with Crippen LogP contribution in [0.25, 0.3) is 33.3 Å². The minimum atomic E-state index is -1.13. The summed E-state index contributed by atoms with van der Waals surface area (Å²) in [6.45, 7) is 0.953. The van der Waals surface area contributed by atoms with Crippen molar-refractivity contribution in [2.24, 2.45) is 0 Å². The van der Waals surface area contributed by atoms with Gasteiger partial charge in [-0.25, -0.2) is 13.8 Å². The highest BCUT2D eigenvalue weighted by molar-refractivity contribution is 5.99. The average molecular weight is 463 g/mol. The number of amides is 1. The first-order valence-corrected chi connectivity index (χ1v) is 11.1. The third-order valence-electron chi connectivity index (χ3n) is 6.40. The Morgan fingerprint density at radius 3 is 2.76 bits per heavy atom. The Labute approximate surface area is 195 Å². The number of H-pyrrole nitrogens is 1. The van der Waals surface area contributed by atoms with Gasteiger partial charge in [0, 0.05) is 53.6 Å². The summed E-state index contributed by atoms with van der Waals surface area (Å²) < 4.78 is 34.8. The number of carbonyl (C=O) groups excluding carboxylic acids is 1. The Bertz CT molecular complexity index is 1380. The first kappa shape index (κ1) is 22.0. The Kier molecular flexibility index (Phi) is 5.75. The zero-order chi connectivity index (χ0) is 23.8. The van der Waals surface area contributed by atoms with Gasteiger partial charge in [0.2, 0.25) is 0 Å². The van der Waals surface area contributed by atoms with E-state index < -0.39 is 17.5 Å². The molecule has 1 aliphatic rings. The monoisotopic (exact) mass is 462 g/mol. The number of fused-ring (bicyclic) bond motifs is 1. The van der Waals surface area contributed by atoms with E-state index in [1.54, 1.807) is 18.2 Å². The molecule has 1 fully saturated rings. The highest BCUT2D eigenvalue weighted by Gasteiger charge is 2.29. The lowest BCUT2D eigenvalue weighted by atomic mass is 9.99. The smallest absolute Gasteiger partial charge is 0.257 e. The second-order valence-electron chi connectivity index (χ2n) is 8.37. The van der Waals surface area contributed by atoms with Crippen molar-refractivity contribution in [3.63, 3.8) is 0 Å². The Morgan fingerprint density at radius 2 is 2.00 bits per heavy atom. The van der Waals surface area contributed by atoms with Crippen LogP contribution in [-0.4, -0.2) is 54.1 Å². The van der Waals surface area contributed by atoms with Gasteiger partial charge in [-0.1, -0.05) is 18.2 Å². The lowest BCUT2D eigenvalue weighted by Crippen LogP contribution is -2.34. The summed E-state index contributed by atoms with van der Waals surface area (Å²) in [6.07, 6.45) is 4.19. The topological polar surface area (TPSA) is 70.2 Å². The van der Waals surface area contributed by atoms with Crippen molar-refractivity contribution in [2.45, 2.75) is 12.5 Å². The van der Waals surface area contributed by atoms with Gasteiger partial charge in [-0.2, -0.15) is 0 Å². The van der Waals surface area contributed by atoms with Crippen molar-refractivity contribution >= 4 is 16.9 Å². The number of likely N-dealkylation sites (tertiary alicyclic amines) is 1. The van der Waals surface area contributed by atoms with E-state index in [0.717, 1.165) is 29.0 Å². The maximum atomic E-state index is 14.7. The van der Waals surface area contributed by atoms with Crippen LogP contribution in [0, 0.1) is 11.6 Å². The van der Waals surface area contributed by atoms with Crippen molar-refractivity contribution in [2.75, 3.05) is 27.2 Å². The largest absolute Gasteiger partial charge is 0.496 e. The summed E-state index contributed by atoms with van der Waals surface area (Å²) in [5, 5.41) is 3.92. The number of halogens is 2. The van der Waals surface area contributed by atoms with Crippen molar-refractivity contribution in [3.8, 4) is 28.0 Å². The molecule has 2 aromatic carbocycles. The predicted octanol–water partition coefficient (Wildman–Crippen LogP) is 4.62. The van der Waals surface area contributed by atoms with E-state index in [1.165, 1.54) is 6.07 Å². The third kappa shape index (κ3) is 3.80. The number of likely N-dealkylation sites (N-methyl/N-ethyl adjacent to an activating group) is 1. The molecule has 0 aliphatic carbocycles. The molecule has 4 aromatic rings. The van der Waals surface area contributed by atoms with Crippen LogP contribution in [0.5, 0.6) is 5.75 Å². The van der Waals surface area contributed by atoms with E-state index in [-0.39, 0.29) is 11.6 Å². The van der Waals surface area contributed by atoms with Crippen LogP contribution in [0.4, 0.5) is 8.78 Å². The molecule has 2 aromatic heterocycles. The maximum absolute atomic E-state index is 14.7. The van der Waals surface area contributed by atoms with Crippen LogP contribution in [-0.2, 0) is 0 Å². The molecule has 0 bridgehead atoms. The minimum Gasteiger partial charge on any atom is -0.496 e. The van der Waals surface area contributed by atoms with Gasteiger partial charge in [-0.15, -0.1) is 0 Å². The molecule has 1 unspecified atom stereocenters. The number of benzene rings is 2. The van der Waals surface area contributed by atoms with Crippen LogP contribution in [0.2, 0.25) is 0 Å². The Hall–Kier alpha value is -3.78. The van der Waals surface area contributed by atoms with Gasteiger partial charge in [0.15, 0.2) is 11.6 Å². The molecule has 1 amide bonds. The predicted molar refractivity (Wildman–Crippen MR) is 127 cm³/mol. The van der Waals surface area contributed by atoms with Crippen LogP contribution in [0.1, 0.15) is 16.8 Å². The minimum absolute atomic E-state index is 0.147. The summed E-state index contributed by atoms with van der Waals surface area (Å²) >= 11 is 0. The SMILES string of the molecule is CNC1CCN(C(=O)c2cc(-c3cnc4[nH]cc(-c5ccccc5OC)c4c3)cc(F)c2F)C1. The number of rotatable bonds is 5. The van der Waals surface area contributed by atoms with E-state index in [9.17, 15) is 13.6 Å². The van der Waals surface area contributed by atoms with E-state index in [4.69, 9.17) is 4.74 Å². The standard InChI is InChI=1S/C26H24F2N4O2/c1-29-17-7-8-32(14-17)26(33)20-9-15(11-22(27)24(20)28)16-10-19-21(13-31-25(19)30-12-16)18-5-3-4-6-23(18)34-2/h3-6,9-13,17,29H,7-8,14H2,1-2H3,(H,30,31). The number of pyridine rings is 1. The quantitative estimate of drug-likeness (QED) is 0.454. The van der Waals surface area contributed by atoms with Crippen LogP contribution in [0.3, 0.4) is 0 Å². The van der Waals surface area contributed by atoms with Gasteiger partial charge in [0.25, 0.3) is 5.91 Å². The molecule has 1 aliphatic heterocycles. The highest BCUT2D eigenvalue weighted by Crippen LogP contribution is 2.36. The first-order chi connectivity index (χ1) is 16.5. The summed E-state index contributed by atoms with van der Waals surface area (Å²) in [4.78, 5) is 22.2. The number of para-hydroxylation sites is 1. The van der Waals surface area contributed by atoms with E-state index in [1.807, 2.05) is 43.6 Å². The van der Waals surface area contributed by atoms with Crippen LogP contribution in [0.15, 0.2) is 54.9 Å². The molecule has 0 saturated carbocycles. The van der Waals surface area contributed by atoms with E-state index in [2.05, 4.69) is 15.3 Å². The van der Waals surface area contributed by atoms with Crippen molar-refractivity contribution in [1.29, 1.82) is 0 Å². The van der Waals surface area contributed by atoms with Gasteiger partial charge < -0.3 is 19.9 Å². The van der Waals surface area contributed by atoms with Gasteiger partial charge in [0.1, 0.15) is 11.4 Å².